The fraction of sp³-hybridized carbons (Fsp3) is 0.500. The summed E-state index contributed by atoms with van der Waals surface area (Å²) in [6, 6.07) is 9.61. The number of nitrogens with one attached hydrogen (secondary N) is 2. The van der Waals surface area contributed by atoms with Gasteiger partial charge < -0.3 is 20.1 Å². The van der Waals surface area contributed by atoms with Crippen LogP contribution in [0.5, 0.6) is 0 Å². The number of rotatable bonds is 7. The first-order valence-corrected chi connectivity index (χ1v) is 9.60. The van der Waals surface area contributed by atoms with E-state index in [1.165, 1.54) is 18.9 Å². The molecule has 0 spiro atoms. The van der Waals surface area contributed by atoms with E-state index in [1.807, 2.05) is 51.1 Å². The van der Waals surface area contributed by atoms with E-state index in [-0.39, 0.29) is 17.8 Å². The van der Waals surface area contributed by atoms with Gasteiger partial charge in [-0.15, -0.1) is 0 Å². The van der Waals surface area contributed by atoms with Crippen molar-refractivity contribution in [1.29, 1.82) is 0 Å². The highest BCUT2D eigenvalue weighted by Gasteiger charge is 2.20. The van der Waals surface area contributed by atoms with E-state index in [9.17, 15) is 9.59 Å². The average Bonchev–Trinajstić information content (AvgIpc) is 2.56. The fourth-order valence-corrected chi connectivity index (χ4v) is 2.80. The van der Waals surface area contributed by atoms with Gasteiger partial charge in [0.25, 0.3) is 0 Å². The molecular formula is C18H26N2O4S2. The Labute approximate surface area is 164 Å². The SMILES string of the molecule is COC(=O)CSC(=S)NC[C@H](Cc1ccccc1)NC(=O)OC(C)(C)C. The monoisotopic (exact) mass is 398 g/mol. The lowest BCUT2D eigenvalue weighted by atomic mass is 10.1. The number of alkyl carbamates (subject to hydrolysis) is 1. The molecule has 0 aromatic heterocycles. The number of hydrogen-bond donors (Lipinski definition) is 2. The molecule has 1 rings (SSSR count). The fourth-order valence-electron chi connectivity index (χ4n) is 1.99. The number of methoxy groups -OCH3 is 1. The van der Waals surface area contributed by atoms with Crippen molar-refractivity contribution >= 4 is 40.4 Å². The second-order valence-corrected chi connectivity index (χ2v) is 8.22. The maximum absolute atomic E-state index is 12.1. The lowest BCUT2D eigenvalue weighted by molar-refractivity contribution is -0.137. The van der Waals surface area contributed by atoms with Gasteiger partial charge in [-0.25, -0.2) is 4.79 Å². The summed E-state index contributed by atoms with van der Waals surface area (Å²) in [7, 11) is 1.33. The van der Waals surface area contributed by atoms with Crippen molar-refractivity contribution in [2.24, 2.45) is 0 Å². The van der Waals surface area contributed by atoms with Gasteiger partial charge in [-0.05, 0) is 32.8 Å². The Morgan fingerprint density at radius 3 is 2.46 bits per heavy atom. The van der Waals surface area contributed by atoms with Crippen molar-refractivity contribution in [2.75, 3.05) is 19.4 Å². The van der Waals surface area contributed by atoms with E-state index in [4.69, 9.17) is 17.0 Å². The summed E-state index contributed by atoms with van der Waals surface area (Å²) < 4.78 is 10.4. The Bertz CT molecular complexity index is 603. The van der Waals surface area contributed by atoms with Crippen molar-refractivity contribution in [2.45, 2.75) is 38.8 Å². The first-order chi connectivity index (χ1) is 12.2. The molecule has 0 aliphatic carbocycles. The Balaban J connectivity index is 2.61. The number of benzene rings is 1. The van der Waals surface area contributed by atoms with Crippen LogP contribution in [-0.4, -0.2) is 47.4 Å². The van der Waals surface area contributed by atoms with Gasteiger partial charge in [0.1, 0.15) is 9.92 Å². The molecule has 0 heterocycles. The van der Waals surface area contributed by atoms with Crippen LogP contribution < -0.4 is 10.6 Å². The van der Waals surface area contributed by atoms with Crippen LogP contribution in [0.15, 0.2) is 30.3 Å². The molecule has 1 aromatic rings. The molecule has 6 nitrogen and oxygen atoms in total. The predicted octanol–water partition coefficient (Wildman–Crippen LogP) is 2.90. The molecule has 144 valence electrons. The average molecular weight is 399 g/mol. The summed E-state index contributed by atoms with van der Waals surface area (Å²) in [5, 5.41) is 5.94. The van der Waals surface area contributed by atoms with Crippen LogP contribution in [0, 0.1) is 0 Å². The smallest absolute Gasteiger partial charge is 0.407 e. The number of thiocarbonyl (C=S) groups is 1. The van der Waals surface area contributed by atoms with Crippen LogP contribution in [0.25, 0.3) is 0 Å². The molecule has 2 N–H and O–H groups in total. The van der Waals surface area contributed by atoms with Gasteiger partial charge in [0.05, 0.1) is 18.9 Å². The highest BCUT2D eigenvalue weighted by molar-refractivity contribution is 8.23. The van der Waals surface area contributed by atoms with Gasteiger partial charge in [0.15, 0.2) is 0 Å². The van der Waals surface area contributed by atoms with Gasteiger partial charge in [0, 0.05) is 6.54 Å². The van der Waals surface area contributed by atoms with E-state index in [2.05, 4.69) is 15.4 Å². The quantitative estimate of drug-likeness (QED) is 0.540. The van der Waals surface area contributed by atoms with Gasteiger partial charge in [0.2, 0.25) is 0 Å². The highest BCUT2D eigenvalue weighted by Crippen LogP contribution is 2.09. The maximum atomic E-state index is 12.1. The zero-order valence-electron chi connectivity index (χ0n) is 15.5. The van der Waals surface area contributed by atoms with E-state index < -0.39 is 11.7 Å². The zero-order chi connectivity index (χ0) is 19.6. The normalized spacial score (nSPS) is 12.0. The van der Waals surface area contributed by atoms with Crippen LogP contribution in [0.3, 0.4) is 0 Å². The van der Waals surface area contributed by atoms with Gasteiger partial charge in [-0.2, -0.15) is 0 Å². The second-order valence-electron chi connectivity index (χ2n) is 6.57. The number of amides is 1. The summed E-state index contributed by atoms with van der Waals surface area (Å²) in [5.41, 5.74) is 0.518. The lowest BCUT2D eigenvalue weighted by Gasteiger charge is -2.24. The predicted molar refractivity (Wildman–Crippen MR) is 108 cm³/mol. The van der Waals surface area contributed by atoms with Crippen molar-refractivity contribution < 1.29 is 19.1 Å². The number of ether oxygens (including phenoxy) is 2. The zero-order valence-corrected chi connectivity index (χ0v) is 17.2. The van der Waals surface area contributed by atoms with E-state index in [0.29, 0.717) is 17.3 Å². The van der Waals surface area contributed by atoms with Crippen LogP contribution >= 0.6 is 24.0 Å². The minimum Gasteiger partial charge on any atom is -0.468 e. The van der Waals surface area contributed by atoms with Gasteiger partial charge in [-0.1, -0.05) is 54.3 Å². The molecule has 0 aliphatic rings. The molecule has 1 atom stereocenters. The standard InChI is InChI=1S/C18H26N2O4S2/c1-18(2,3)24-16(22)20-14(10-13-8-6-5-7-9-13)11-19-17(25)26-12-15(21)23-4/h5-9,14H,10-12H2,1-4H3,(H,19,25)(H,20,22)/t14-/m0/s1. The van der Waals surface area contributed by atoms with Crippen molar-refractivity contribution in [1.82, 2.24) is 10.6 Å². The van der Waals surface area contributed by atoms with E-state index in [0.717, 1.165) is 5.56 Å². The molecule has 1 aromatic carbocycles. The summed E-state index contributed by atoms with van der Waals surface area (Å²) in [5.74, 6) is -0.197. The summed E-state index contributed by atoms with van der Waals surface area (Å²) in [6.45, 7) is 5.86. The molecule has 0 bridgehead atoms. The largest absolute Gasteiger partial charge is 0.468 e. The van der Waals surface area contributed by atoms with Crippen molar-refractivity contribution in [3.8, 4) is 0 Å². The minimum atomic E-state index is -0.569. The number of carbonyl (C=O) groups excluding carboxylic acids is 2. The van der Waals surface area contributed by atoms with Gasteiger partial charge in [-0.3, -0.25) is 4.79 Å². The van der Waals surface area contributed by atoms with Crippen LogP contribution in [0.2, 0.25) is 0 Å². The molecule has 0 radical (unpaired) electrons. The van der Waals surface area contributed by atoms with Crippen LogP contribution in [0.1, 0.15) is 26.3 Å². The number of hydrogen-bond acceptors (Lipinski definition) is 6. The Morgan fingerprint density at radius 1 is 1.23 bits per heavy atom. The maximum Gasteiger partial charge on any atom is 0.407 e. The van der Waals surface area contributed by atoms with E-state index in [1.54, 1.807) is 0 Å². The number of esters is 1. The number of thioether (sulfide) groups is 1. The van der Waals surface area contributed by atoms with Crippen LogP contribution in [-0.2, 0) is 20.7 Å². The van der Waals surface area contributed by atoms with Crippen molar-refractivity contribution in [3.05, 3.63) is 35.9 Å². The Morgan fingerprint density at radius 2 is 1.88 bits per heavy atom. The molecule has 26 heavy (non-hydrogen) atoms. The number of carbonyl (C=O) groups is 2. The molecular weight excluding hydrogens is 372 g/mol. The molecule has 0 fully saturated rings. The highest BCUT2D eigenvalue weighted by atomic mass is 32.2. The van der Waals surface area contributed by atoms with Gasteiger partial charge >= 0.3 is 12.1 Å². The first-order valence-electron chi connectivity index (χ1n) is 8.20. The molecule has 0 aliphatic heterocycles. The second kappa shape index (κ2) is 11.0. The first kappa shape index (κ1) is 22.2. The lowest BCUT2D eigenvalue weighted by Crippen LogP contribution is -2.46. The topological polar surface area (TPSA) is 76.7 Å². The Kier molecular flexibility index (Phi) is 9.43. The summed E-state index contributed by atoms with van der Waals surface area (Å²) in [4.78, 5) is 23.3. The molecule has 8 heteroatoms. The molecule has 0 saturated carbocycles. The van der Waals surface area contributed by atoms with Crippen LogP contribution in [0.4, 0.5) is 4.79 Å². The van der Waals surface area contributed by atoms with Crippen molar-refractivity contribution in [3.63, 3.8) is 0 Å². The minimum absolute atomic E-state index is 0.144. The Hall–Kier alpha value is -1.80. The molecule has 0 saturated heterocycles. The summed E-state index contributed by atoms with van der Waals surface area (Å²) in [6.07, 6.45) is 0.144. The summed E-state index contributed by atoms with van der Waals surface area (Å²) >= 11 is 6.39. The molecule has 0 unspecified atom stereocenters. The molecule has 1 amide bonds. The third kappa shape index (κ3) is 10.2. The third-order valence-corrected chi connectivity index (χ3v) is 4.37. The van der Waals surface area contributed by atoms with E-state index >= 15 is 0 Å². The third-order valence-electron chi connectivity index (χ3n) is 3.09.